The van der Waals surface area contributed by atoms with Gasteiger partial charge in [0.15, 0.2) is 0 Å². The number of nitrogens with zero attached hydrogens (tertiary/aromatic N) is 1. The molecular formula is C16H15BrClN3O2. The smallest absolute Gasteiger partial charge is 0.251 e. The van der Waals surface area contributed by atoms with Gasteiger partial charge in [-0.15, -0.1) is 0 Å². The second-order valence-electron chi connectivity index (χ2n) is 4.78. The molecule has 0 saturated heterocycles. The van der Waals surface area contributed by atoms with Gasteiger partial charge in [-0.05, 0) is 58.7 Å². The van der Waals surface area contributed by atoms with E-state index in [1.807, 2.05) is 0 Å². The number of hydrogen-bond acceptors (Lipinski definition) is 3. The highest BCUT2D eigenvalue weighted by Crippen LogP contribution is 2.11. The first-order valence-corrected chi connectivity index (χ1v) is 8.17. The molecule has 0 radical (unpaired) electrons. The molecule has 0 aliphatic carbocycles. The molecule has 0 aliphatic heterocycles. The van der Waals surface area contributed by atoms with Crippen LogP contribution in [0.25, 0.3) is 0 Å². The maximum Gasteiger partial charge on any atom is 0.251 e. The molecule has 0 spiro atoms. The Morgan fingerprint density at radius 1 is 1.13 bits per heavy atom. The second-order valence-corrected chi connectivity index (χ2v) is 6.13. The minimum atomic E-state index is -0.184. The van der Waals surface area contributed by atoms with Crippen molar-refractivity contribution in [1.29, 1.82) is 0 Å². The Balaban J connectivity index is 1.68. The summed E-state index contributed by atoms with van der Waals surface area (Å²) in [6, 6.07) is 10.1. The first kappa shape index (κ1) is 17.4. The number of halogens is 2. The summed E-state index contributed by atoms with van der Waals surface area (Å²) in [5.74, 6) is 0.181. The van der Waals surface area contributed by atoms with E-state index >= 15 is 0 Å². The summed E-state index contributed by atoms with van der Waals surface area (Å²) in [4.78, 5) is 27.7. The van der Waals surface area contributed by atoms with E-state index in [4.69, 9.17) is 11.6 Å². The molecule has 2 aromatic rings. The van der Waals surface area contributed by atoms with E-state index < -0.39 is 0 Å². The summed E-state index contributed by atoms with van der Waals surface area (Å²) in [6.45, 7) is 0.419. The average molecular weight is 397 g/mol. The number of amides is 2. The lowest BCUT2D eigenvalue weighted by Crippen LogP contribution is -2.25. The number of carbonyl (C=O) groups excluding carboxylic acids is 2. The van der Waals surface area contributed by atoms with Crippen LogP contribution in [0.1, 0.15) is 23.2 Å². The van der Waals surface area contributed by atoms with Crippen molar-refractivity contribution < 1.29 is 9.59 Å². The van der Waals surface area contributed by atoms with Gasteiger partial charge >= 0.3 is 0 Å². The van der Waals surface area contributed by atoms with Crippen molar-refractivity contribution in [2.24, 2.45) is 0 Å². The normalized spacial score (nSPS) is 10.2. The number of nitrogens with one attached hydrogen (secondary N) is 2. The van der Waals surface area contributed by atoms with E-state index in [2.05, 4.69) is 31.5 Å². The van der Waals surface area contributed by atoms with Crippen LogP contribution in [-0.4, -0.2) is 23.3 Å². The van der Waals surface area contributed by atoms with E-state index in [9.17, 15) is 9.59 Å². The fourth-order valence-electron chi connectivity index (χ4n) is 1.81. The van der Waals surface area contributed by atoms with E-state index in [0.717, 1.165) is 4.47 Å². The zero-order chi connectivity index (χ0) is 16.7. The molecule has 0 bridgehead atoms. The van der Waals surface area contributed by atoms with Crippen LogP contribution in [0.4, 0.5) is 5.82 Å². The minimum Gasteiger partial charge on any atom is -0.352 e. The highest BCUT2D eigenvalue weighted by atomic mass is 79.9. The Bertz CT molecular complexity index is 675. The van der Waals surface area contributed by atoms with E-state index in [1.165, 1.54) is 0 Å². The largest absolute Gasteiger partial charge is 0.352 e. The summed E-state index contributed by atoms with van der Waals surface area (Å²) in [5.41, 5.74) is 0.540. The number of pyridine rings is 1. The number of benzene rings is 1. The van der Waals surface area contributed by atoms with Crippen molar-refractivity contribution in [3.8, 4) is 0 Å². The zero-order valence-electron chi connectivity index (χ0n) is 12.2. The van der Waals surface area contributed by atoms with Gasteiger partial charge in [0.05, 0.1) is 0 Å². The van der Waals surface area contributed by atoms with Crippen molar-refractivity contribution in [3.63, 3.8) is 0 Å². The lowest BCUT2D eigenvalue weighted by atomic mass is 10.2. The van der Waals surface area contributed by atoms with Gasteiger partial charge in [0.2, 0.25) is 5.91 Å². The van der Waals surface area contributed by atoms with Crippen LogP contribution in [0, 0.1) is 0 Å². The Hall–Kier alpha value is -1.92. The Kier molecular flexibility index (Phi) is 6.55. The molecule has 2 N–H and O–H groups in total. The lowest BCUT2D eigenvalue weighted by Gasteiger charge is -2.06. The van der Waals surface area contributed by atoms with Crippen LogP contribution < -0.4 is 10.6 Å². The molecule has 5 nitrogen and oxygen atoms in total. The van der Waals surface area contributed by atoms with E-state index in [0.29, 0.717) is 35.8 Å². The molecule has 0 fully saturated rings. The van der Waals surface area contributed by atoms with Gasteiger partial charge in [0.1, 0.15) is 5.82 Å². The predicted octanol–water partition coefficient (Wildman–Crippen LogP) is 3.65. The molecule has 1 aromatic carbocycles. The van der Waals surface area contributed by atoms with Gasteiger partial charge in [0.25, 0.3) is 5.91 Å². The van der Waals surface area contributed by atoms with Crippen LogP contribution in [0.5, 0.6) is 0 Å². The van der Waals surface area contributed by atoms with Gasteiger partial charge in [0, 0.05) is 34.2 Å². The zero-order valence-corrected chi connectivity index (χ0v) is 14.5. The van der Waals surface area contributed by atoms with Crippen molar-refractivity contribution >= 4 is 45.2 Å². The molecule has 1 heterocycles. The summed E-state index contributed by atoms with van der Waals surface area (Å²) in [5, 5.41) is 6.04. The quantitative estimate of drug-likeness (QED) is 0.732. The first-order valence-electron chi connectivity index (χ1n) is 7.00. The van der Waals surface area contributed by atoms with Gasteiger partial charge in [-0.1, -0.05) is 11.6 Å². The van der Waals surface area contributed by atoms with Crippen molar-refractivity contribution in [1.82, 2.24) is 10.3 Å². The molecule has 0 saturated carbocycles. The summed E-state index contributed by atoms with van der Waals surface area (Å²) in [6.07, 6.45) is 2.46. The standard InChI is InChI=1S/C16H15BrClN3O2/c17-12-5-8-14(20-10-12)21-15(22)2-1-9-19-16(23)11-3-6-13(18)7-4-11/h3-8,10H,1-2,9H2,(H,19,23)(H,20,21,22). The molecule has 120 valence electrons. The third-order valence-corrected chi connectivity index (χ3v) is 3.69. The third kappa shape index (κ3) is 6.00. The Labute approximate surface area is 147 Å². The number of aromatic nitrogens is 1. The number of anilines is 1. The lowest BCUT2D eigenvalue weighted by molar-refractivity contribution is -0.116. The third-order valence-electron chi connectivity index (χ3n) is 2.97. The minimum absolute atomic E-state index is 0.138. The molecule has 1 aromatic heterocycles. The summed E-state index contributed by atoms with van der Waals surface area (Å²) in [7, 11) is 0. The maximum absolute atomic E-state index is 11.9. The van der Waals surface area contributed by atoms with Gasteiger partial charge in [-0.3, -0.25) is 9.59 Å². The van der Waals surface area contributed by atoms with Gasteiger partial charge in [-0.2, -0.15) is 0 Å². The summed E-state index contributed by atoms with van der Waals surface area (Å²) < 4.78 is 0.848. The Morgan fingerprint density at radius 3 is 2.52 bits per heavy atom. The van der Waals surface area contributed by atoms with E-state index in [-0.39, 0.29) is 11.8 Å². The molecule has 0 atom stereocenters. The molecule has 2 rings (SSSR count). The molecule has 23 heavy (non-hydrogen) atoms. The first-order chi connectivity index (χ1) is 11.0. The predicted molar refractivity (Wildman–Crippen MR) is 93.6 cm³/mol. The highest BCUT2D eigenvalue weighted by molar-refractivity contribution is 9.10. The van der Waals surface area contributed by atoms with Crippen molar-refractivity contribution in [3.05, 3.63) is 57.7 Å². The topological polar surface area (TPSA) is 71.1 Å². The molecule has 0 unspecified atom stereocenters. The van der Waals surface area contributed by atoms with Crippen LogP contribution >= 0.6 is 27.5 Å². The fraction of sp³-hybridized carbons (Fsp3) is 0.188. The highest BCUT2D eigenvalue weighted by Gasteiger charge is 2.06. The number of rotatable bonds is 6. The molecular weight excluding hydrogens is 382 g/mol. The molecule has 0 aliphatic rings. The van der Waals surface area contributed by atoms with Crippen LogP contribution in [-0.2, 0) is 4.79 Å². The van der Waals surface area contributed by atoms with Crippen LogP contribution in [0.3, 0.4) is 0 Å². The second kappa shape index (κ2) is 8.64. The number of carbonyl (C=O) groups is 2. The molecule has 7 heteroatoms. The van der Waals surface area contributed by atoms with Crippen LogP contribution in [0.15, 0.2) is 47.1 Å². The van der Waals surface area contributed by atoms with Crippen LogP contribution in [0.2, 0.25) is 5.02 Å². The Morgan fingerprint density at radius 2 is 1.87 bits per heavy atom. The monoisotopic (exact) mass is 395 g/mol. The SMILES string of the molecule is O=C(CCCNC(=O)c1ccc(Cl)cc1)Nc1ccc(Br)cn1. The maximum atomic E-state index is 11.9. The molecule has 2 amide bonds. The number of hydrogen-bond donors (Lipinski definition) is 2. The average Bonchev–Trinajstić information content (AvgIpc) is 2.54. The summed E-state index contributed by atoms with van der Waals surface area (Å²) >= 11 is 9.05. The van der Waals surface area contributed by atoms with Crippen molar-refractivity contribution in [2.45, 2.75) is 12.8 Å². The fourth-order valence-corrected chi connectivity index (χ4v) is 2.17. The van der Waals surface area contributed by atoms with Crippen molar-refractivity contribution in [2.75, 3.05) is 11.9 Å². The van der Waals surface area contributed by atoms with Gasteiger partial charge < -0.3 is 10.6 Å². The van der Waals surface area contributed by atoms with E-state index in [1.54, 1.807) is 42.6 Å². The van der Waals surface area contributed by atoms with Gasteiger partial charge in [-0.25, -0.2) is 4.98 Å².